The number of likely N-dealkylation sites (tertiary alicyclic amines) is 1. The van der Waals surface area contributed by atoms with Crippen LogP contribution >= 0.6 is 0 Å². The summed E-state index contributed by atoms with van der Waals surface area (Å²) >= 11 is 0. The van der Waals surface area contributed by atoms with Crippen LogP contribution in [-0.2, 0) is 0 Å². The highest BCUT2D eigenvalue weighted by atomic mass is 16.3. The molecule has 2 aliphatic rings. The molecule has 0 aromatic rings. The Balaban J connectivity index is 2.01. The highest BCUT2D eigenvalue weighted by Gasteiger charge is 2.36. The summed E-state index contributed by atoms with van der Waals surface area (Å²) < 4.78 is 0. The minimum Gasteiger partial charge on any atom is -0.393 e. The van der Waals surface area contributed by atoms with E-state index in [9.17, 15) is 5.11 Å². The van der Waals surface area contributed by atoms with Crippen LogP contribution in [0.15, 0.2) is 12.7 Å². The van der Waals surface area contributed by atoms with Crippen LogP contribution in [0.3, 0.4) is 0 Å². The molecule has 15 heavy (non-hydrogen) atoms. The predicted octanol–water partition coefficient (Wildman–Crippen LogP) is 0.751. The SMILES string of the molecule is C=CC1(N2CCC(O)CC2)CCNCC1. The van der Waals surface area contributed by atoms with Crippen molar-refractivity contribution < 1.29 is 5.11 Å². The van der Waals surface area contributed by atoms with Crippen molar-refractivity contribution in [3.05, 3.63) is 12.7 Å². The number of aliphatic hydroxyl groups excluding tert-OH is 1. The highest BCUT2D eigenvalue weighted by molar-refractivity contribution is 5.07. The van der Waals surface area contributed by atoms with E-state index in [1.54, 1.807) is 0 Å². The van der Waals surface area contributed by atoms with Crippen molar-refractivity contribution in [2.75, 3.05) is 26.2 Å². The van der Waals surface area contributed by atoms with Gasteiger partial charge in [0.25, 0.3) is 0 Å². The first-order chi connectivity index (χ1) is 7.27. The normalized spacial score (nSPS) is 28.9. The number of hydrogen-bond donors (Lipinski definition) is 2. The van der Waals surface area contributed by atoms with Gasteiger partial charge in [-0.05, 0) is 38.8 Å². The molecule has 0 aliphatic carbocycles. The molecule has 2 fully saturated rings. The van der Waals surface area contributed by atoms with Gasteiger partial charge in [0, 0.05) is 18.6 Å². The number of nitrogens with zero attached hydrogens (tertiary/aromatic N) is 1. The Kier molecular flexibility index (Phi) is 3.44. The van der Waals surface area contributed by atoms with Gasteiger partial charge in [-0.2, -0.15) is 0 Å². The van der Waals surface area contributed by atoms with Crippen molar-refractivity contribution in [3.63, 3.8) is 0 Å². The maximum Gasteiger partial charge on any atom is 0.0564 e. The zero-order valence-electron chi connectivity index (χ0n) is 9.41. The smallest absolute Gasteiger partial charge is 0.0564 e. The summed E-state index contributed by atoms with van der Waals surface area (Å²) in [5, 5.41) is 12.9. The molecular weight excluding hydrogens is 188 g/mol. The van der Waals surface area contributed by atoms with Crippen LogP contribution in [0, 0.1) is 0 Å². The van der Waals surface area contributed by atoms with Crippen molar-refractivity contribution in [3.8, 4) is 0 Å². The molecule has 0 unspecified atom stereocenters. The number of aliphatic hydroxyl groups is 1. The Bertz CT molecular complexity index is 216. The van der Waals surface area contributed by atoms with Gasteiger partial charge in [-0.15, -0.1) is 6.58 Å². The van der Waals surface area contributed by atoms with E-state index in [2.05, 4.69) is 22.9 Å². The molecule has 3 nitrogen and oxygen atoms in total. The number of rotatable bonds is 2. The van der Waals surface area contributed by atoms with Gasteiger partial charge in [-0.1, -0.05) is 6.08 Å². The fourth-order valence-corrected chi connectivity index (χ4v) is 2.82. The second-order valence-electron chi connectivity index (χ2n) is 4.78. The van der Waals surface area contributed by atoms with Gasteiger partial charge in [0.1, 0.15) is 0 Å². The van der Waals surface area contributed by atoms with Crippen LogP contribution in [0.2, 0.25) is 0 Å². The van der Waals surface area contributed by atoms with Crippen molar-refractivity contribution in [1.29, 1.82) is 0 Å². The van der Waals surface area contributed by atoms with E-state index in [0.717, 1.165) is 51.9 Å². The van der Waals surface area contributed by atoms with Gasteiger partial charge in [0.15, 0.2) is 0 Å². The molecule has 0 aromatic carbocycles. The monoisotopic (exact) mass is 210 g/mol. The van der Waals surface area contributed by atoms with Crippen molar-refractivity contribution in [2.24, 2.45) is 0 Å². The van der Waals surface area contributed by atoms with Crippen molar-refractivity contribution >= 4 is 0 Å². The molecule has 2 saturated heterocycles. The molecule has 0 saturated carbocycles. The van der Waals surface area contributed by atoms with E-state index in [-0.39, 0.29) is 11.6 Å². The molecule has 2 rings (SSSR count). The van der Waals surface area contributed by atoms with E-state index >= 15 is 0 Å². The lowest BCUT2D eigenvalue weighted by atomic mass is 9.85. The van der Waals surface area contributed by atoms with Gasteiger partial charge in [0.2, 0.25) is 0 Å². The lowest BCUT2D eigenvalue weighted by molar-refractivity contribution is 0.0226. The van der Waals surface area contributed by atoms with Crippen LogP contribution in [0.4, 0.5) is 0 Å². The fraction of sp³-hybridized carbons (Fsp3) is 0.833. The number of nitrogens with one attached hydrogen (secondary N) is 1. The first-order valence-electron chi connectivity index (χ1n) is 6.04. The second-order valence-corrected chi connectivity index (χ2v) is 4.78. The molecule has 2 heterocycles. The molecule has 0 atom stereocenters. The first kappa shape index (κ1) is 11.1. The summed E-state index contributed by atoms with van der Waals surface area (Å²) in [4.78, 5) is 2.52. The summed E-state index contributed by atoms with van der Waals surface area (Å²) in [6.07, 6.45) is 6.21. The largest absolute Gasteiger partial charge is 0.393 e. The Morgan fingerprint density at radius 2 is 1.87 bits per heavy atom. The second kappa shape index (κ2) is 4.64. The molecule has 0 amide bonds. The topological polar surface area (TPSA) is 35.5 Å². The molecule has 86 valence electrons. The maximum absolute atomic E-state index is 9.52. The van der Waals surface area contributed by atoms with E-state index in [0.29, 0.717) is 0 Å². The average Bonchev–Trinajstić information content (AvgIpc) is 2.31. The summed E-state index contributed by atoms with van der Waals surface area (Å²) in [5.41, 5.74) is 0.200. The minimum atomic E-state index is -0.0789. The third-order valence-electron chi connectivity index (χ3n) is 3.94. The summed E-state index contributed by atoms with van der Waals surface area (Å²) in [7, 11) is 0. The third kappa shape index (κ3) is 2.25. The van der Waals surface area contributed by atoms with Crippen LogP contribution in [-0.4, -0.2) is 47.8 Å². The van der Waals surface area contributed by atoms with Gasteiger partial charge in [-0.25, -0.2) is 0 Å². The summed E-state index contributed by atoms with van der Waals surface area (Å²) in [6, 6.07) is 0. The first-order valence-corrected chi connectivity index (χ1v) is 6.04. The van der Waals surface area contributed by atoms with Crippen molar-refractivity contribution in [2.45, 2.75) is 37.3 Å². The Morgan fingerprint density at radius 1 is 1.27 bits per heavy atom. The molecule has 3 heteroatoms. The average molecular weight is 210 g/mol. The molecule has 0 bridgehead atoms. The lowest BCUT2D eigenvalue weighted by Gasteiger charge is -2.47. The Morgan fingerprint density at radius 3 is 2.40 bits per heavy atom. The van der Waals surface area contributed by atoms with E-state index in [1.807, 2.05) is 0 Å². The maximum atomic E-state index is 9.52. The molecule has 2 aliphatic heterocycles. The van der Waals surface area contributed by atoms with Crippen LogP contribution < -0.4 is 5.32 Å². The standard InChI is InChI=1S/C12H22N2O/c1-2-12(5-7-13-8-6-12)14-9-3-11(15)4-10-14/h2,11,13,15H,1,3-10H2. The Hall–Kier alpha value is -0.380. The quantitative estimate of drug-likeness (QED) is 0.660. The fourth-order valence-electron chi connectivity index (χ4n) is 2.82. The van der Waals surface area contributed by atoms with Crippen LogP contribution in [0.1, 0.15) is 25.7 Å². The summed E-state index contributed by atoms with van der Waals surface area (Å²) in [6.45, 7) is 8.24. The number of piperidine rings is 2. The molecule has 0 radical (unpaired) electrons. The molecular formula is C12H22N2O. The van der Waals surface area contributed by atoms with Gasteiger partial charge >= 0.3 is 0 Å². The molecule has 2 N–H and O–H groups in total. The van der Waals surface area contributed by atoms with Gasteiger partial charge in [-0.3, -0.25) is 4.90 Å². The zero-order valence-corrected chi connectivity index (χ0v) is 9.41. The van der Waals surface area contributed by atoms with E-state index in [1.165, 1.54) is 0 Å². The van der Waals surface area contributed by atoms with Crippen molar-refractivity contribution in [1.82, 2.24) is 10.2 Å². The highest BCUT2D eigenvalue weighted by Crippen LogP contribution is 2.30. The molecule has 0 spiro atoms. The van der Waals surface area contributed by atoms with Crippen LogP contribution in [0.25, 0.3) is 0 Å². The zero-order chi connectivity index (χ0) is 10.7. The minimum absolute atomic E-state index is 0.0789. The van der Waals surface area contributed by atoms with Gasteiger partial charge < -0.3 is 10.4 Å². The lowest BCUT2D eigenvalue weighted by Crippen LogP contribution is -2.56. The summed E-state index contributed by atoms with van der Waals surface area (Å²) in [5.74, 6) is 0. The predicted molar refractivity (Wildman–Crippen MR) is 61.8 cm³/mol. The molecule has 0 aromatic heterocycles. The van der Waals surface area contributed by atoms with Crippen LogP contribution in [0.5, 0.6) is 0 Å². The van der Waals surface area contributed by atoms with E-state index < -0.39 is 0 Å². The number of hydrogen-bond acceptors (Lipinski definition) is 3. The Labute approximate surface area is 92.2 Å². The van der Waals surface area contributed by atoms with Gasteiger partial charge in [0.05, 0.1) is 6.10 Å². The third-order valence-corrected chi connectivity index (χ3v) is 3.94. The van der Waals surface area contributed by atoms with E-state index in [4.69, 9.17) is 0 Å².